The highest BCUT2D eigenvalue weighted by Crippen LogP contribution is 2.44. The van der Waals surface area contributed by atoms with Crippen LogP contribution in [0.4, 0.5) is 5.69 Å². The standard InChI is InChI=1S/C23H26N2O/c26-23(12-17-6-2-1-3-7-17)25-14-19(15-25)21-16-24(13-18-10-11-18)22-9-5-4-8-20(21)22/h1-9,18-19,21H,10-16H2/t21-/m1/s1. The lowest BCUT2D eigenvalue weighted by atomic mass is 9.82. The van der Waals surface area contributed by atoms with Gasteiger partial charge in [-0.2, -0.15) is 0 Å². The molecule has 0 bridgehead atoms. The first-order valence-electron chi connectivity index (χ1n) is 9.93. The fraction of sp³-hybridized carbons (Fsp3) is 0.435. The maximum Gasteiger partial charge on any atom is 0.227 e. The third-order valence-corrected chi connectivity index (χ3v) is 6.30. The van der Waals surface area contributed by atoms with Gasteiger partial charge in [-0.05, 0) is 36.0 Å². The van der Waals surface area contributed by atoms with E-state index in [2.05, 4.69) is 29.2 Å². The summed E-state index contributed by atoms with van der Waals surface area (Å²) < 4.78 is 0. The van der Waals surface area contributed by atoms with Crippen LogP contribution < -0.4 is 4.90 Å². The van der Waals surface area contributed by atoms with Gasteiger partial charge in [-0.25, -0.2) is 0 Å². The zero-order chi connectivity index (χ0) is 17.5. The van der Waals surface area contributed by atoms with Crippen molar-refractivity contribution in [2.75, 3.05) is 31.1 Å². The van der Waals surface area contributed by atoms with E-state index >= 15 is 0 Å². The number of anilines is 1. The molecule has 134 valence electrons. The summed E-state index contributed by atoms with van der Waals surface area (Å²) in [5.41, 5.74) is 4.06. The van der Waals surface area contributed by atoms with Crippen molar-refractivity contribution in [1.29, 1.82) is 0 Å². The molecule has 0 aromatic heterocycles. The lowest BCUT2D eigenvalue weighted by Crippen LogP contribution is -2.53. The predicted molar refractivity (Wildman–Crippen MR) is 104 cm³/mol. The molecular formula is C23H26N2O. The van der Waals surface area contributed by atoms with Gasteiger partial charge in [0.1, 0.15) is 0 Å². The van der Waals surface area contributed by atoms with Crippen molar-refractivity contribution in [2.45, 2.75) is 25.2 Å². The lowest BCUT2D eigenvalue weighted by Gasteiger charge is -2.42. The molecule has 2 fully saturated rings. The summed E-state index contributed by atoms with van der Waals surface area (Å²) in [4.78, 5) is 17.2. The van der Waals surface area contributed by atoms with Crippen LogP contribution >= 0.6 is 0 Å². The molecule has 2 heterocycles. The summed E-state index contributed by atoms with van der Waals surface area (Å²) in [5, 5.41) is 0. The van der Waals surface area contributed by atoms with Gasteiger partial charge in [0.05, 0.1) is 6.42 Å². The molecule has 1 atom stereocenters. The van der Waals surface area contributed by atoms with Crippen LogP contribution in [0.1, 0.15) is 29.9 Å². The van der Waals surface area contributed by atoms with Gasteiger partial charge >= 0.3 is 0 Å². The number of para-hydroxylation sites is 1. The molecule has 0 N–H and O–H groups in total. The van der Waals surface area contributed by atoms with Gasteiger partial charge in [-0.15, -0.1) is 0 Å². The molecule has 2 aliphatic heterocycles. The van der Waals surface area contributed by atoms with Crippen molar-refractivity contribution in [3.8, 4) is 0 Å². The van der Waals surface area contributed by atoms with Crippen LogP contribution in [0.3, 0.4) is 0 Å². The number of carbonyl (C=O) groups excluding carboxylic acids is 1. The number of nitrogens with zero attached hydrogens (tertiary/aromatic N) is 2. The van der Waals surface area contributed by atoms with Gasteiger partial charge in [-0.1, -0.05) is 48.5 Å². The summed E-state index contributed by atoms with van der Waals surface area (Å²) in [6, 6.07) is 19.0. The highest BCUT2D eigenvalue weighted by molar-refractivity contribution is 5.79. The molecule has 5 rings (SSSR count). The van der Waals surface area contributed by atoms with Gasteiger partial charge in [0.15, 0.2) is 0 Å². The van der Waals surface area contributed by atoms with Gasteiger partial charge < -0.3 is 9.80 Å². The second kappa shape index (κ2) is 6.46. The minimum Gasteiger partial charge on any atom is -0.370 e. The molecule has 2 aromatic carbocycles. The van der Waals surface area contributed by atoms with Gasteiger partial charge in [0, 0.05) is 43.7 Å². The Morgan fingerprint density at radius 3 is 2.42 bits per heavy atom. The Bertz CT molecular complexity index is 793. The average molecular weight is 346 g/mol. The Labute approximate surface area is 155 Å². The van der Waals surface area contributed by atoms with Crippen molar-refractivity contribution in [3.05, 3.63) is 65.7 Å². The normalized spacial score (nSPS) is 22.2. The number of hydrogen-bond acceptors (Lipinski definition) is 2. The van der Waals surface area contributed by atoms with E-state index in [1.165, 1.54) is 30.6 Å². The Hall–Kier alpha value is -2.29. The van der Waals surface area contributed by atoms with Crippen molar-refractivity contribution in [2.24, 2.45) is 11.8 Å². The molecule has 3 heteroatoms. The van der Waals surface area contributed by atoms with E-state index in [9.17, 15) is 4.79 Å². The summed E-state index contributed by atoms with van der Waals surface area (Å²) in [6.07, 6.45) is 3.33. The Morgan fingerprint density at radius 1 is 0.923 bits per heavy atom. The largest absolute Gasteiger partial charge is 0.370 e. The van der Waals surface area contributed by atoms with E-state index in [4.69, 9.17) is 0 Å². The number of amides is 1. The molecule has 1 saturated carbocycles. The summed E-state index contributed by atoms with van der Waals surface area (Å²) in [5.74, 6) is 2.38. The summed E-state index contributed by atoms with van der Waals surface area (Å²) in [7, 11) is 0. The molecule has 0 radical (unpaired) electrons. The zero-order valence-electron chi connectivity index (χ0n) is 15.2. The highest BCUT2D eigenvalue weighted by atomic mass is 16.2. The molecule has 3 nitrogen and oxygen atoms in total. The second-order valence-corrected chi connectivity index (χ2v) is 8.23. The molecule has 1 saturated heterocycles. The van der Waals surface area contributed by atoms with Crippen LogP contribution in [-0.4, -0.2) is 37.0 Å². The van der Waals surface area contributed by atoms with Gasteiger partial charge in [-0.3, -0.25) is 4.79 Å². The molecule has 3 aliphatic rings. The summed E-state index contributed by atoms with van der Waals surface area (Å²) >= 11 is 0. The maximum absolute atomic E-state index is 12.5. The first kappa shape index (κ1) is 15.9. The topological polar surface area (TPSA) is 23.6 Å². The minimum atomic E-state index is 0.272. The highest BCUT2D eigenvalue weighted by Gasteiger charge is 2.42. The lowest BCUT2D eigenvalue weighted by molar-refractivity contribution is -0.137. The minimum absolute atomic E-state index is 0.272. The number of benzene rings is 2. The SMILES string of the molecule is O=C(Cc1ccccc1)N1CC([C@H]2CN(CC3CC3)c3ccccc32)C1. The van der Waals surface area contributed by atoms with Crippen molar-refractivity contribution >= 4 is 11.6 Å². The number of carbonyl (C=O) groups is 1. The molecule has 26 heavy (non-hydrogen) atoms. The Balaban J connectivity index is 1.23. The van der Waals surface area contributed by atoms with E-state index in [0.717, 1.165) is 31.1 Å². The number of likely N-dealkylation sites (tertiary alicyclic amines) is 1. The maximum atomic E-state index is 12.5. The number of fused-ring (bicyclic) bond motifs is 1. The Morgan fingerprint density at radius 2 is 1.65 bits per heavy atom. The first-order chi connectivity index (χ1) is 12.8. The number of hydrogen-bond donors (Lipinski definition) is 0. The van der Waals surface area contributed by atoms with Crippen LogP contribution in [0.25, 0.3) is 0 Å². The van der Waals surface area contributed by atoms with Crippen LogP contribution in [0.2, 0.25) is 0 Å². The molecule has 1 aliphatic carbocycles. The van der Waals surface area contributed by atoms with Crippen LogP contribution in [0.15, 0.2) is 54.6 Å². The second-order valence-electron chi connectivity index (χ2n) is 8.23. The molecule has 0 spiro atoms. The Kier molecular flexibility index (Phi) is 3.96. The smallest absolute Gasteiger partial charge is 0.227 e. The van der Waals surface area contributed by atoms with Crippen molar-refractivity contribution < 1.29 is 4.79 Å². The van der Waals surface area contributed by atoms with Crippen molar-refractivity contribution in [3.63, 3.8) is 0 Å². The number of rotatable bonds is 5. The van der Waals surface area contributed by atoms with E-state index in [1.54, 1.807) is 0 Å². The summed E-state index contributed by atoms with van der Waals surface area (Å²) in [6.45, 7) is 4.20. The van der Waals surface area contributed by atoms with E-state index in [1.807, 2.05) is 35.2 Å². The monoisotopic (exact) mass is 346 g/mol. The van der Waals surface area contributed by atoms with E-state index in [0.29, 0.717) is 18.3 Å². The van der Waals surface area contributed by atoms with E-state index < -0.39 is 0 Å². The third kappa shape index (κ3) is 3.00. The molecular weight excluding hydrogens is 320 g/mol. The first-order valence-corrected chi connectivity index (χ1v) is 9.93. The third-order valence-electron chi connectivity index (χ3n) is 6.30. The van der Waals surface area contributed by atoms with Gasteiger partial charge in [0.2, 0.25) is 5.91 Å². The quantitative estimate of drug-likeness (QED) is 0.824. The average Bonchev–Trinajstić information content (AvgIpc) is 3.37. The fourth-order valence-electron chi connectivity index (χ4n) is 4.56. The van der Waals surface area contributed by atoms with Gasteiger partial charge in [0.25, 0.3) is 0 Å². The molecule has 2 aromatic rings. The van der Waals surface area contributed by atoms with Crippen LogP contribution in [0.5, 0.6) is 0 Å². The predicted octanol–water partition coefficient (Wildman–Crippen LogP) is 3.70. The van der Waals surface area contributed by atoms with Crippen LogP contribution in [-0.2, 0) is 11.2 Å². The molecule has 0 unspecified atom stereocenters. The van der Waals surface area contributed by atoms with Crippen LogP contribution in [0, 0.1) is 11.8 Å². The van der Waals surface area contributed by atoms with Crippen molar-refractivity contribution in [1.82, 2.24) is 4.90 Å². The molecule has 1 amide bonds. The van der Waals surface area contributed by atoms with E-state index in [-0.39, 0.29) is 5.91 Å². The zero-order valence-corrected chi connectivity index (χ0v) is 15.2. The fourth-order valence-corrected chi connectivity index (χ4v) is 4.56.